The van der Waals surface area contributed by atoms with Gasteiger partial charge in [-0.15, -0.1) is 0 Å². The molecule has 0 saturated carbocycles. The molecule has 0 aliphatic rings. The second-order valence-corrected chi connectivity index (χ2v) is 10.2. The van der Waals surface area contributed by atoms with E-state index in [4.69, 9.17) is 0 Å². The van der Waals surface area contributed by atoms with Crippen molar-refractivity contribution in [2.45, 2.75) is 11.8 Å². The number of nitrogens with zero attached hydrogens (tertiary/aromatic N) is 1. The number of carbonyl (C=O) groups is 1. The lowest BCUT2D eigenvalue weighted by atomic mass is 10.2. The van der Waals surface area contributed by atoms with Crippen LogP contribution in [0.15, 0.2) is 58.8 Å². The molecule has 2 N–H and O–H groups in total. The van der Waals surface area contributed by atoms with Crippen LogP contribution in [0.4, 0.5) is 5.69 Å². The number of rotatable bonds is 8. The third-order valence-corrected chi connectivity index (χ3v) is 6.70. The van der Waals surface area contributed by atoms with Crippen LogP contribution in [-0.2, 0) is 24.8 Å². The molecule has 10 heteroatoms. The Morgan fingerprint density at radius 3 is 2.31 bits per heavy atom. The van der Waals surface area contributed by atoms with Crippen LogP contribution < -0.4 is 10.0 Å². The van der Waals surface area contributed by atoms with Crippen LogP contribution in [0, 0.1) is 6.92 Å². The molecule has 0 aliphatic carbocycles. The van der Waals surface area contributed by atoms with Crippen LogP contribution in [0.5, 0.6) is 0 Å². The summed E-state index contributed by atoms with van der Waals surface area (Å²) < 4.78 is 51.6. The predicted molar refractivity (Wildman–Crippen MR) is 113 cm³/mol. The van der Waals surface area contributed by atoms with E-state index >= 15 is 0 Å². The molecule has 0 aliphatic heterocycles. The van der Waals surface area contributed by atoms with Crippen molar-refractivity contribution in [2.75, 3.05) is 26.0 Å². The SMILES string of the molecule is Cc1ccc(C=CS(=O)(=O)NCC(=O)Nc2cccc(S(=O)(=O)N(C)C)c2)cc1. The molecule has 156 valence electrons. The highest BCUT2D eigenvalue weighted by molar-refractivity contribution is 7.92. The lowest BCUT2D eigenvalue weighted by Crippen LogP contribution is -2.31. The summed E-state index contributed by atoms with van der Waals surface area (Å²) >= 11 is 0. The molecule has 0 atom stereocenters. The topological polar surface area (TPSA) is 113 Å². The van der Waals surface area contributed by atoms with Crippen LogP contribution >= 0.6 is 0 Å². The number of sulfonamides is 2. The first-order valence-corrected chi connectivity index (χ1v) is 11.5. The Hall–Kier alpha value is -2.53. The van der Waals surface area contributed by atoms with E-state index in [1.165, 1.54) is 44.4 Å². The van der Waals surface area contributed by atoms with E-state index in [2.05, 4.69) is 10.0 Å². The maximum Gasteiger partial charge on any atom is 0.242 e. The molecule has 0 aromatic heterocycles. The van der Waals surface area contributed by atoms with Crippen molar-refractivity contribution in [1.29, 1.82) is 0 Å². The lowest BCUT2D eigenvalue weighted by molar-refractivity contribution is -0.115. The van der Waals surface area contributed by atoms with Gasteiger partial charge in [0.1, 0.15) is 0 Å². The second kappa shape index (κ2) is 9.31. The monoisotopic (exact) mass is 437 g/mol. The van der Waals surface area contributed by atoms with Gasteiger partial charge in [0.2, 0.25) is 26.0 Å². The van der Waals surface area contributed by atoms with Gasteiger partial charge >= 0.3 is 0 Å². The number of benzene rings is 2. The minimum absolute atomic E-state index is 0.0157. The summed E-state index contributed by atoms with van der Waals surface area (Å²) in [6, 6.07) is 13.0. The fraction of sp³-hybridized carbons (Fsp3) is 0.211. The minimum atomic E-state index is -3.81. The Balaban J connectivity index is 1.98. The van der Waals surface area contributed by atoms with Gasteiger partial charge in [-0.05, 0) is 36.8 Å². The third kappa shape index (κ3) is 6.79. The lowest BCUT2D eigenvalue weighted by Gasteiger charge is -2.12. The number of anilines is 1. The molecule has 2 aromatic carbocycles. The number of aryl methyl sites for hydroxylation is 1. The van der Waals surface area contributed by atoms with E-state index in [1.807, 2.05) is 19.1 Å². The second-order valence-electron chi connectivity index (χ2n) is 6.44. The van der Waals surface area contributed by atoms with Gasteiger partial charge in [-0.2, -0.15) is 0 Å². The average Bonchev–Trinajstić information content (AvgIpc) is 2.66. The quantitative estimate of drug-likeness (QED) is 0.654. The van der Waals surface area contributed by atoms with Crippen LogP contribution in [-0.4, -0.2) is 47.7 Å². The van der Waals surface area contributed by atoms with Crippen LogP contribution in [0.3, 0.4) is 0 Å². The number of carbonyl (C=O) groups excluding carboxylic acids is 1. The zero-order valence-electron chi connectivity index (χ0n) is 16.3. The Morgan fingerprint density at radius 1 is 1.03 bits per heavy atom. The molecule has 0 radical (unpaired) electrons. The molecule has 29 heavy (non-hydrogen) atoms. The predicted octanol–water partition coefficient (Wildman–Crippen LogP) is 1.77. The molecule has 8 nitrogen and oxygen atoms in total. The fourth-order valence-electron chi connectivity index (χ4n) is 2.21. The van der Waals surface area contributed by atoms with Crippen molar-refractivity contribution in [3.63, 3.8) is 0 Å². The van der Waals surface area contributed by atoms with Crippen LogP contribution in [0.25, 0.3) is 6.08 Å². The smallest absolute Gasteiger partial charge is 0.242 e. The zero-order valence-corrected chi connectivity index (χ0v) is 17.9. The molecule has 2 rings (SSSR count). The molecule has 0 unspecified atom stereocenters. The molecular formula is C19H23N3O5S2. The number of nitrogens with one attached hydrogen (secondary N) is 2. The van der Waals surface area contributed by atoms with Crippen molar-refractivity contribution in [2.24, 2.45) is 0 Å². The first-order valence-electron chi connectivity index (χ1n) is 8.56. The van der Waals surface area contributed by atoms with E-state index in [0.29, 0.717) is 5.56 Å². The summed E-state index contributed by atoms with van der Waals surface area (Å²) in [6.07, 6.45) is 1.43. The molecular weight excluding hydrogens is 414 g/mol. The Kier molecular flexibility index (Phi) is 7.31. The standard InChI is InChI=1S/C19H23N3O5S2/c1-15-7-9-16(10-8-15)11-12-28(24,25)20-14-19(23)21-17-5-4-6-18(13-17)29(26,27)22(2)3/h4-13,20H,14H2,1-3H3,(H,21,23). The number of hydrogen-bond acceptors (Lipinski definition) is 5. The van der Waals surface area contributed by atoms with Gasteiger partial charge in [0.15, 0.2) is 0 Å². The molecule has 2 aromatic rings. The van der Waals surface area contributed by atoms with Gasteiger partial charge < -0.3 is 5.32 Å². The minimum Gasteiger partial charge on any atom is -0.325 e. The van der Waals surface area contributed by atoms with Gasteiger partial charge in [-0.3, -0.25) is 4.79 Å². The van der Waals surface area contributed by atoms with Gasteiger partial charge in [0.05, 0.1) is 11.4 Å². The van der Waals surface area contributed by atoms with Gasteiger partial charge in [-0.25, -0.2) is 25.9 Å². The van der Waals surface area contributed by atoms with Gasteiger partial charge in [0, 0.05) is 25.2 Å². The van der Waals surface area contributed by atoms with Crippen molar-refractivity contribution in [1.82, 2.24) is 9.03 Å². The summed E-state index contributed by atoms with van der Waals surface area (Å²) in [4.78, 5) is 12.1. The van der Waals surface area contributed by atoms with E-state index < -0.39 is 32.5 Å². The fourth-order valence-corrected chi connectivity index (χ4v) is 3.92. The van der Waals surface area contributed by atoms with Crippen molar-refractivity contribution >= 4 is 37.7 Å². The first kappa shape index (κ1) is 22.8. The largest absolute Gasteiger partial charge is 0.325 e. The highest BCUT2D eigenvalue weighted by Gasteiger charge is 2.17. The summed E-state index contributed by atoms with van der Waals surface area (Å²) in [5.41, 5.74) is 2.01. The highest BCUT2D eigenvalue weighted by atomic mass is 32.2. The summed E-state index contributed by atoms with van der Waals surface area (Å²) in [5, 5.41) is 3.45. The van der Waals surface area contributed by atoms with Gasteiger partial charge in [0.25, 0.3) is 0 Å². The zero-order chi connectivity index (χ0) is 21.7. The summed E-state index contributed by atoms with van der Waals surface area (Å²) in [7, 11) is -4.66. The number of hydrogen-bond donors (Lipinski definition) is 2. The summed E-state index contributed by atoms with van der Waals surface area (Å²) in [5.74, 6) is -0.628. The Labute approximate surface area is 171 Å². The highest BCUT2D eigenvalue weighted by Crippen LogP contribution is 2.17. The maximum absolute atomic E-state index is 12.1. The Morgan fingerprint density at radius 2 is 1.69 bits per heavy atom. The van der Waals surface area contributed by atoms with E-state index in [0.717, 1.165) is 15.3 Å². The number of amides is 1. The molecule has 0 saturated heterocycles. The van der Waals surface area contributed by atoms with E-state index in [1.54, 1.807) is 12.1 Å². The normalized spacial score (nSPS) is 12.4. The van der Waals surface area contributed by atoms with Crippen molar-refractivity contribution < 1.29 is 21.6 Å². The van der Waals surface area contributed by atoms with Crippen molar-refractivity contribution in [3.05, 3.63) is 65.1 Å². The maximum atomic E-state index is 12.1. The van der Waals surface area contributed by atoms with Crippen LogP contribution in [0.1, 0.15) is 11.1 Å². The van der Waals surface area contributed by atoms with Crippen LogP contribution in [0.2, 0.25) is 0 Å². The third-order valence-electron chi connectivity index (χ3n) is 3.85. The summed E-state index contributed by atoms with van der Waals surface area (Å²) in [6.45, 7) is 1.43. The molecule has 1 amide bonds. The molecule has 0 heterocycles. The van der Waals surface area contributed by atoms with E-state index in [9.17, 15) is 21.6 Å². The first-order chi connectivity index (χ1) is 13.5. The molecule has 0 bridgehead atoms. The molecule has 0 spiro atoms. The Bertz CT molecular complexity index is 1110. The van der Waals surface area contributed by atoms with Crippen molar-refractivity contribution in [3.8, 4) is 0 Å². The average molecular weight is 438 g/mol. The van der Waals surface area contributed by atoms with Gasteiger partial charge in [-0.1, -0.05) is 35.9 Å². The van der Waals surface area contributed by atoms with E-state index in [-0.39, 0.29) is 10.6 Å². The molecule has 0 fully saturated rings.